The normalized spacial score (nSPS) is 19.5. The highest BCUT2D eigenvalue weighted by Crippen LogP contribution is 2.45. The monoisotopic (exact) mass is 323 g/mol. The molecule has 0 spiro atoms. The Labute approximate surface area is 141 Å². The summed E-state index contributed by atoms with van der Waals surface area (Å²) in [6.45, 7) is 5.62. The van der Waals surface area contributed by atoms with Crippen molar-refractivity contribution in [3.8, 4) is 0 Å². The second-order valence-corrected chi connectivity index (χ2v) is 6.59. The van der Waals surface area contributed by atoms with Gasteiger partial charge in [0.05, 0.1) is 12.2 Å². The molecule has 124 valence electrons. The molecular weight excluding hydrogens is 302 g/mol. The molecule has 0 radical (unpaired) electrons. The number of Topliss-reactive ketones (excluding diaryl/α,β-unsaturated/α-hetero) is 1. The molecule has 0 saturated heterocycles. The van der Waals surface area contributed by atoms with E-state index in [4.69, 9.17) is 0 Å². The number of ketones is 1. The predicted octanol–water partition coefficient (Wildman–Crippen LogP) is 3.02. The number of carbonyl (C=O) groups is 2. The molecule has 2 aromatic carbocycles. The summed E-state index contributed by atoms with van der Waals surface area (Å²) >= 11 is 0. The largest absolute Gasteiger partial charge is 0.375 e. The van der Waals surface area contributed by atoms with Gasteiger partial charge in [-0.05, 0) is 31.9 Å². The van der Waals surface area contributed by atoms with Crippen LogP contribution in [0.1, 0.15) is 35.6 Å². The molecule has 0 aliphatic carbocycles. The first-order chi connectivity index (χ1) is 11.3. The third-order valence-electron chi connectivity index (χ3n) is 4.45. The molecule has 1 amide bonds. The smallest absolute Gasteiger partial charge is 0.264 e. The first-order valence-corrected chi connectivity index (χ1v) is 8.02. The number of nitrogens with zero attached hydrogens (tertiary/aromatic N) is 1. The fraction of sp³-hybridized carbons (Fsp3) is 0.300. The van der Waals surface area contributed by atoms with Gasteiger partial charge in [-0.1, -0.05) is 48.0 Å². The Morgan fingerprint density at radius 1 is 1.17 bits per heavy atom. The van der Waals surface area contributed by atoms with Crippen molar-refractivity contribution in [2.24, 2.45) is 0 Å². The summed E-state index contributed by atoms with van der Waals surface area (Å²) in [7, 11) is 0. The molecule has 0 saturated carbocycles. The van der Waals surface area contributed by atoms with Crippen molar-refractivity contribution >= 4 is 17.4 Å². The van der Waals surface area contributed by atoms with Crippen LogP contribution in [0.3, 0.4) is 0 Å². The zero-order chi connectivity index (χ0) is 17.5. The van der Waals surface area contributed by atoms with Crippen molar-refractivity contribution in [1.29, 1.82) is 0 Å². The highest BCUT2D eigenvalue weighted by Gasteiger charge is 2.51. The lowest BCUT2D eigenvalue weighted by molar-refractivity contribution is -0.141. The van der Waals surface area contributed by atoms with Gasteiger partial charge in [-0.2, -0.15) is 0 Å². The van der Waals surface area contributed by atoms with Crippen LogP contribution in [-0.4, -0.2) is 16.8 Å². The highest BCUT2D eigenvalue weighted by molar-refractivity contribution is 6.09. The molecule has 1 heterocycles. The third-order valence-corrected chi connectivity index (χ3v) is 4.45. The zero-order valence-electron chi connectivity index (χ0n) is 14.2. The molecule has 0 fully saturated rings. The molecule has 1 aliphatic rings. The maximum atomic E-state index is 13.0. The summed E-state index contributed by atoms with van der Waals surface area (Å²) in [4.78, 5) is 26.3. The molecule has 24 heavy (non-hydrogen) atoms. The van der Waals surface area contributed by atoms with E-state index in [1.54, 1.807) is 4.90 Å². The van der Waals surface area contributed by atoms with Gasteiger partial charge in [0.1, 0.15) is 5.78 Å². The molecule has 0 unspecified atom stereocenters. The Morgan fingerprint density at radius 2 is 1.83 bits per heavy atom. The summed E-state index contributed by atoms with van der Waals surface area (Å²) in [5, 5.41) is 11.1. The number of fused-ring (bicyclic) bond motifs is 1. The Kier molecular flexibility index (Phi) is 4.01. The van der Waals surface area contributed by atoms with Gasteiger partial charge in [0.15, 0.2) is 5.60 Å². The van der Waals surface area contributed by atoms with Crippen LogP contribution < -0.4 is 4.90 Å². The van der Waals surface area contributed by atoms with Gasteiger partial charge in [0, 0.05) is 12.0 Å². The van der Waals surface area contributed by atoms with Crippen LogP contribution >= 0.6 is 0 Å². The molecule has 4 heteroatoms. The first-order valence-electron chi connectivity index (χ1n) is 8.02. The lowest BCUT2D eigenvalue weighted by Crippen LogP contribution is -2.41. The van der Waals surface area contributed by atoms with Crippen LogP contribution in [0, 0.1) is 13.8 Å². The lowest BCUT2D eigenvalue weighted by atomic mass is 9.88. The summed E-state index contributed by atoms with van der Waals surface area (Å²) < 4.78 is 0. The van der Waals surface area contributed by atoms with E-state index in [2.05, 4.69) is 0 Å². The van der Waals surface area contributed by atoms with Crippen molar-refractivity contribution in [2.75, 3.05) is 4.90 Å². The van der Waals surface area contributed by atoms with Crippen LogP contribution in [0.25, 0.3) is 0 Å². The van der Waals surface area contributed by atoms with Gasteiger partial charge in [-0.3, -0.25) is 9.59 Å². The van der Waals surface area contributed by atoms with Crippen LogP contribution in [0.15, 0.2) is 42.5 Å². The molecule has 1 aliphatic heterocycles. The molecule has 2 aromatic rings. The number of hydrogen-bond acceptors (Lipinski definition) is 3. The summed E-state index contributed by atoms with van der Waals surface area (Å²) in [5.74, 6) is -0.636. The minimum absolute atomic E-state index is 0.201. The fourth-order valence-corrected chi connectivity index (χ4v) is 3.52. The number of hydrogen-bond donors (Lipinski definition) is 1. The minimum Gasteiger partial charge on any atom is -0.375 e. The first kappa shape index (κ1) is 16.4. The van der Waals surface area contributed by atoms with Crippen LogP contribution in [0.2, 0.25) is 0 Å². The van der Waals surface area contributed by atoms with Gasteiger partial charge >= 0.3 is 0 Å². The van der Waals surface area contributed by atoms with Gasteiger partial charge in [0.25, 0.3) is 5.91 Å². The third kappa shape index (κ3) is 2.63. The molecule has 4 nitrogen and oxygen atoms in total. The van der Waals surface area contributed by atoms with Crippen molar-refractivity contribution in [3.63, 3.8) is 0 Å². The molecule has 3 rings (SSSR count). The van der Waals surface area contributed by atoms with Crippen molar-refractivity contribution in [2.45, 2.75) is 39.3 Å². The second-order valence-electron chi connectivity index (χ2n) is 6.59. The number of carbonyl (C=O) groups excluding carboxylic acids is 2. The summed E-state index contributed by atoms with van der Waals surface area (Å²) in [6, 6.07) is 13.4. The molecule has 1 N–H and O–H groups in total. The van der Waals surface area contributed by atoms with E-state index in [1.807, 2.05) is 56.3 Å². The fourth-order valence-electron chi connectivity index (χ4n) is 3.52. The van der Waals surface area contributed by atoms with E-state index in [1.165, 1.54) is 6.92 Å². The molecule has 0 aromatic heterocycles. The molecular formula is C20H21NO3. The molecule has 1 atom stereocenters. The maximum absolute atomic E-state index is 13.0. The van der Waals surface area contributed by atoms with Crippen molar-refractivity contribution in [3.05, 3.63) is 64.7 Å². The van der Waals surface area contributed by atoms with E-state index in [0.717, 1.165) is 22.4 Å². The topological polar surface area (TPSA) is 57.6 Å². The van der Waals surface area contributed by atoms with E-state index >= 15 is 0 Å². The maximum Gasteiger partial charge on any atom is 0.264 e. The van der Waals surface area contributed by atoms with Crippen LogP contribution in [0.5, 0.6) is 0 Å². The minimum atomic E-state index is -1.77. The van der Waals surface area contributed by atoms with E-state index in [9.17, 15) is 14.7 Å². The summed E-state index contributed by atoms with van der Waals surface area (Å²) in [5.41, 5.74) is 2.35. The lowest BCUT2D eigenvalue weighted by Gasteiger charge is -2.22. The number of aryl methyl sites for hydroxylation is 2. The van der Waals surface area contributed by atoms with Crippen molar-refractivity contribution < 1.29 is 14.7 Å². The SMILES string of the molecule is CC(=O)C[C@@]1(O)C(=O)N(Cc2ccccc2)c2c(C)cc(C)cc21. The second kappa shape index (κ2) is 5.87. The Bertz CT molecular complexity index is 813. The summed E-state index contributed by atoms with van der Waals surface area (Å²) in [6.07, 6.45) is -0.201. The highest BCUT2D eigenvalue weighted by atomic mass is 16.3. The quantitative estimate of drug-likeness (QED) is 0.941. The average molecular weight is 323 g/mol. The van der Waals surface area contributed by atoms with Crippen LogP contribution in [-0.2, 0) is 21.7 Å². The van der Waals surface area contributed by atoms with Crippen molar-refractivity contribution in [1.82, 2.24) is 0 Å². The predicted molar refractivity (Wildman–Crippen MR) is 92.7 cm³/mol. The van der Waals surface area contributed by atoms with E-state index in [-0.39, 0.29) is 12.2 Å². The van der Waals surface area contributed by atoms with Gasteiger partial charge in [-0.25, -0.2) is 0 Å². The van der Waals surface area contributed by atoms with E-state index in [0.29, 0.717) is 12.1 Å². The Hall–Kier alpha value is -2.46. The van der Waals surface area contributed by atoms with E-state index < -0.39 is 11.5 Å². The number of benzene rings is 2. The number of amides is 1. The Balaban J connectivity index is 2.13. The van der Waals surface area contributed by atoms with Gasteiger partial charge in [-0.15, -0.1) is 0 Å². The molecule has 0 bridgehead atoms. The standard InChI is InChI=1S/C20H21NO3/c1-13-9-14(2)18-17(10-13)20(24,11-15(3)22)19(23)21(18)12-16-7-5-4-6-8-16/h4-10,24H,11-12H2,1-3H3/t20-/m0/s1. The van der Waals surface area contributed by atoms with Gasteiger partial charge < -0.3 is 10.0 Å². The Morgan fingerprint density at radius 3 is 2.46 bits per heavy atom. The average Bonchev–Trinajstić information content (AvgIpc) is 2.70. The zero-order valence-corrected chi connectivity index (χ0v) is 14.2. The number of anilines is 1. The van der Waals surface area contributed by atoms with Gasteiger partial charge in [0.2, 0.25) is 0 Å². The number of aliphatic hydroxyl groups is 1. The van der Waals surface area contributed by atoms with Crippen LogP contribution in [0.4, 0.5) is 5.69 Å². The number of rotatable bonds is 4.